The topological polar surface area (TPSA) is 50.4 Å². The number of methoxy groups -OCH3 is 1. The molecule has 1 amide bonds. The maximum absolute atomic E-state index is 11.8. The summed E-state index contributed by atoms with van der Waals surface area (Å²) in [5.74, 6) is 3.22. The zero-order chi connectivity index (χ0) is 14.1. The van der Waals surface area contributed by atoms with Gasteiger partial charge in [-0.25, -0.2) is 0 Å². The summed E-state index contributed by atoms with van der Waals surface area (Å²) in [5.41, 5.74) is 0.707. The molecule has 1 aromatic rings. The van der Waals surface area contributed by atoms with E-state index in [4.69, 9.17) is 11.2 Å². The Morgan fingerprint density at radius 3 is 2.95 bits per heavy atom. The zero-order valence-electron chi connectivity index (χ0n) is 11.4. The molecule has 0 aliphatic carbocycles. The summed E-state index contributed by atoms with van der Waals surface area (Å²) in [6, 6.07) is 7.17. The number of amides is 1. The second kappa shape index (κ2) is 8.17. The van der Waals surface area contributed by atoms with Crippen LogP contribution in [0.5, 0.6) is 5.75 Å². The molecule has 1 unspecified atom stereocenters. The van der Waals surface area contributed by atoms with Crippen LogP contribution in [-0.4, -0.2) is 25.6 Å². The number of terminal acetylenes is 1. The van der Waals surface area contributed by atoms with E-state index in [2.05, 4.69) is 23.5 Å². The molecule has 0 aliphatic rings. The molecule has 4 nitrogen and oxygen atoms in total. The van der Waals surface area contributed by atoms with E-state index in [1.165, 1.54) is 0 Å². The molecule has 19 heavy (non-hydrogen) atoms. The van der Waals surface area contributed by atoms with Crippen molar-refractivity contribution in [1.82, 2.24) is 5.32 Å². The van der Waals surface area contributed by atoms with Crippen molar-refractivity contribution in [2.75, 3.05) is 19.0 Å². The standard InChI is InChI=1S/C15H20N2O2/c1-4-7-12(5-2)16-11-15(18)17-13-8-6-9-14(10-13)19-3/h2,6,8-10,12,16H,4,7,11H2,1,3H3,(H,17,18). The fourth-order valence-corrected chi connectivity index (χ4v) is 1.65. The number of carbonyl (C=O) groups is 1. The number of ether oxygens (including phenoxy) is 1. The van der Waals surface area contributed by atoms with Crippen LogP contribution in [0.4, 0.5) is 5.69 Å². The third-order valence-electron chi connectivity index (χ3n) is 2.64. The molecule has 4 heteroatoms. The fraction of sp³-hybridized carbons (Fsp3) is 0.400. The van der Waals surface area contributed by atoms with Gasteiger partial charge in [0.05, 0.1) is 19.7 Å². The van der Waals surface area contributed by atoms with Crippen LogP contribution >= 0.6 is 0 Å². The van der Waals surface area contributed by atoms with Crippen molar-refractivity contribution in [3.8, 4) is 18.1 Å². The lowest BCUT2D eigenvalue weighted by Crippen LogP contribution is -2.35. The summed E-state index contributed by atoms with van der Waals surface area (Å²) in [6.07, 6.45) is 7.22. The third-order valence-corrected chi connectivity index (χ3v) is 2.64. The van der Waals surface area contributed by atoms with Gasteiger partial charge in [0, 0.05) is 11.8 Å². The molecule has 0 spiro atoms. The van der Waals surface area contributed by atoms with Gasteiger partial charge < -0.3 is 10.1 Å². The van der Waals surface area contributed by atoms with Gasteiger partial charge >= 0.3 is 0 Å². The molecular weight excluding hydrogens is 240 g/mol. The van der Waals surface area contributed by atoms with Crippen LogP contribution in [0, 0.1) is 12.3 Å². The summed E-state index contributed by atoms with van der Waals surface area (Å²) in [6.45, 7) is 2.26. The van der Waals surface area contributed by atoms with E-state index in [0.717, 1.165) is 12.8 Å². The Balaban J connectivity index is 2.44. The van der Waals surface area contributed by atoms with Gasteiger partial charge in [-0.05, 0) is 18.6 Å². The molecule has 0 heterocycles. The molecule has 1 rings (SSSR count). The predicted octanol–water partition coefficient (Wildman–Crippen LogP) is 2.03. The van der Waals surface area contributed by atoms with E-state index >= 15 is 0 Å². The average Bonchev–Trinajstić information content (AvgIpc) is 2.43. The normalized spacial score (nSPS) is 11.4. The molecule has 0 bridgehead atoms. The molecule has 0 fully saturated rings. The van der Waals surface area contributed by atoms with E-state index in [0.29, 0.717) is 11.4 Å². The highest BCUT2D eigenvalue weighted by Gasteiger charge is 2.07. The lowest BCUT2D eigenvalue weighted by molar-refractivity contribution is -0.115. The first kappa shape index (κ1) is 15.1. The maximum Gasteiger partial charge on any atom is 0.238 e. The highest BCUT2D eigenvalue weighted by Crippen LogP contribution is 2.16. The Morgan fingerprint density at radius 1 is 1.53 bits per heavy atom. The second-order valence-electron chi connectivity index (χ2n) is 4.17. The van der Waals surface area contributed by atoms with Crippen LogP contribution in [-0.2, 0) is 4.79 Å². The molecule has 1 atom stereocenters. The first-order valence-corrected chi connectivity index (χ1v) is 6.33. The Kier molecular flexibility index (Phi) is 6.48. The number of anilines is 1. The minimum Gasteiger partial charge on any atom is -0.497 e. The van der Waals surface area contributed by atoms with Crippen LogP contribution in [0.25, 0.3) is 0 Å². The van der Waals surface area contributed by atoms with Gasteiger partial charge in [-0.15, -0.1) is 6.42 Å². The van der Waals surface area contributed by atoms with E-state index in [1.807, 2.05) is 18.2 Å². The summed E-state index contributed by atoms with van der Waals surface area (Å²) < 4.78 is 5.09. The Morgan fingerprint density at radius 2 is 2.32 bits per heavy atom. The summed E-state index contributed by atoms with van der Waals surface area (Å²) >= 11 is 0. The molecule has 0 aliphatic heterocycles. The molecule has 0 radical (unpaired) electrons. The summed E-state index contributed by atoms with van der Waals surface area (Å²) in [4.78, 5) is 11.8. The highest BCUT2D eigenvalue weighted by atomic mass is 16.5. The number of nitrogens with one attached hydrogen (secondary N) is 2. The predicted molar refractivity (Wildman–Crippen MR) is 77.2 cm³/mol. The van der Waals surface area contributed by atoms with Crippen LogP contribution < -0.4 is 15.4 Å². The molecule has 1 aromatic carbocycles. The van der Waals surface area contributed by atoms with Crippen molar-refractivity contribution in [3.05, 3.63) is 24.3 Å². The summed E-state index contributed by atoms with van der Waals surface area (Å²) in [7, 11) is 1.59. The highest BCUT2D eigenvalue weighted by molar-refractivity contribution is 5.92. The van der Waals surface area contributed by atoms with Gasteiger partial charge in [0.25, 0.3) is 0 Å². The Labute approximate surface area is 114 Å². The van der Waals surface area contributed by atoms with Crippen LogP contribution in [0.1, 0.15) is 19.8 Å². The van der Waals surface area contributed by atoms with Crippen LogP contribution in [0.3, 0.4) is 0 Å². The quantitative estimate of drug-likeness (QED) is 0.737. The fourth-order valence-electron chi connectivity index (χ4n) is 1.65. The SMILES string of the molecule is C#CC(CCC)NCC(=O)Nc1cccc(OC)c1. The number of carbonyl (C=O) groups excluding carboxylic acids is 1. The zero-order valence-corrected chi connectivity index (χ0v) is 11.4. The van der Waals surface area contributed by atoms with Crippen molar-refractivity contribution in [1.29, 1.82) is 0 Å². The smallest absolute Gasteiger partial charge is 0.238 e. The molecule has 0 saturated carbocycles. The lowest BCUT2D eigenvalue weighted by atomic mass is 10.2. The molecule has 0 saturated heterocycles. The average molecular weight is 260 g/mol. The first-order valence-electron chi connectivity index (χ1n) is 6.33. The van der Waals surface area contributed by atoms with Gasteiger partial charge in [-0.1, -0.05) is 25.3 Å². The minimum absolute atomic E-state index is 0.0546. The van der Waals surface area contributed by atoms with Gasteiger partial charge in [-0.2, -0.15) is 0 Å². The molecule has 102 valence electrons. The monoisotopic (exact) mass is 260 g/mol. The third kappa shape index (κ3) is 5.45. The van der Waals surface area contributed by atoms with Gasteiger partial charge in [-0.3, -0.25) is 10.1 Å². The first-order chi connectivity index (χ1) is 9.19. The Bertz CT molecular complexity index is 452. The maximum atomic E-state index is 11.8. The second-order valence-corrected chi connectivity index (χ2v) is 4.17. The van der Waals surface area contributed by atoms with Crippen LogP contribution in [0.2, 0.25) is 0 Å². The number of benzene rings is 1. The molecule has 0 aromatic heterocycles. The minimum atomic E-state index is -0.121. The van der Waals surface area contributed by atoms with Gasteiger partial charge in [0.15, 0.2) is 0 Å². The van der Waals surface area contributed by atoms with E-state index in [1.54, 1.807) is 13.2 Å². The molecular formula is C15H20N2O2. The number of rotatable bonds is 7. The van der Waals surface area contributed by atoms with Gasteiger partial charge in [0.1, 0.15) is 5.75 Å². The van der Waals surface area contributed by atoms with Crippen molar-refractivity contribution in [2.45, 2.75) is 25.8 Å². The molecule has 2 N–H and O–H groups in total. The van der Waals surface area contributed by atoms with Crippen LogP contribution in [0.15, 0.2) is 24.3 Å². The van der Waals surface area contributed by atoms with Crippen molar-refractivity contribution in [2.24, 2.45) is 0 Å². The largest absolute Gasteiger partial charge is 0.497 e. The van der Waals surface area contributed by atoms with E-state index in [9.17, 15) is 4.79 Å². The van der Waals surface area contributed by atoms with E-state index in [-0.39, 0.29) is 18.5 Å². The number of hydrogen-bond acceptors (Lipinski definition) is 3. The number of hydrogen-bond donors (Lipinski definition) is 2. The van der Waals surface area contributed by atoms with E-state index < -0.39 is 0 Å². The van der Waals surface area contributed by atoms with Gasteiger partial charge in [0.2, 0.25) is 5.91 Å². The van der Waals surface area contributed by atoms with Crippen molar-refractivity contribution >= 4 is 11.6 Å². The van der Waals surface area contributed by atoms with Crippen molar-refractivity contribution < 1.29 is 9.53 Å². The van der Waals surface area contributed by atoms with Crippen molar-refractivity contribution in [3.63, 3.8) is 0 Å². The Hall–Kier alpha value is -1.99. The summed E-state index contributed by atoms with van der Waals surface area (Å²) in [5, 5.41) is 5.83. The lowest BCUT2D eigenvalue weighted by Gasteiger charge is -2.12.